The number of aromatic nitrogens is 4. The highest BCUT2D eigenvalue weighted by Gasteiger charge is 2.43. The molecule has 0 aliphatic heterocycles. The van der Waals surface area contributed by atoms with Crippen LogP contribution in [0.2, 0.25) is 10.3 Å². The summed E-state index contributed by atoms with van der Waals surface area (Å²) < 4.78 is 3.59. The smallest absolute Gasteiger partial charge is 0.169 e. The second-order valence-corrected chi connectivity index (χ2v) is 14.0. The van der Waals surface area contributed by atoms with Gasteiger partial charge < -0.3 is 14.8 Å². The van der Waals surface area contributed by atoms with Crippen molar-refractivity contribution >= 4 is 45.9 Å². The molecule has 248 valence electrons. The molecule has 2 saturated carbocycles. The van der Waals surface area contributed by atoms with Crippen molar-refractivity contribution in [2.24, 2.45) is 23.7 Å². The van der Waals surface area contributed by atoms with Crippen molar-refractivity contribution in [3.8, 4) is 11.4 Å². The van der Waals surface area contributed by atoms with E-state index < -0.39 is 0 Å². The average molecular weight is 686 g/mol. The maximum atomic E-state index is 12.9. The number of Topliss-reactive ketones (excluding diaryl/α,β-unsaturated/α-hetero) is 2. The van der Waals surface area contributed by atoms with Crippen LogP contribution in [0.5, 0.6) is 0 Å². The molecular weight excluding hydrogens is 647 g/mol. The molecule has 0 saturated heterocycles. The lowest BCUT2D eigenvalue weighted by molar-refractivity contribution is -0.118. The molecule has 0 radical (unpaired) electrons. The Balaban J connectivity index is 0.000000152. The molecular formula is C38H38Cl2N4O4. The summed E-state index contributed by atoms with van der Waals surface area (Å²) >= 11 is 12.1. The molecule has 10 heteroatoms. The molecule has 4 aromatic rings. The predicted molar refractivity (Wildman–Crippen MR) is 187 cm³/mol. The zero-order valence-corrected chi connectivity index (χ0v) is 28.5. The van der Waals surface area contributed by atoms with Crippen molar-refractivity contribution in [3.05, 3.63) is 106 Å². The maximum absolute atomic E-state index is 12.9. The van der Waals surface area contributed by atoms with E-state index in [1.54, 1.807) is 29.6 Å². The van der Waals surface area contributed by atoms with Gasteiger partial charge in [0, 0.05) is 41.2 Å². The lowest BCUT2D eigenvalue weighted by atomic mass is 9.81. The number of carbonyl (C=O) groups excluding carboxylic acids is 2. The normalized spacial score (nSPS) is 23.2. The number of aliphatic hydroxyl groups is 2. The molecule has 2 fully saturated rings. The summed E-state index contributed by atoms with van der Waals surface area (Å²) in [5.41, 5.74) is 6.58. The Labute approximate surface area is 289 Å². The van der Waals surface area contributed by atoms with Crippen LogP contribution in [-0.4, -0.2) is 40.9 Å². The third-order valence-corrected chi connectivity index (χ3v) is 11.1. The minimum Gasteiger partial charge on any atom is -0.511 e. The quantitative estimate of drug-likeness (QED) is 0.210. The lowest BCUT2D eigenvalue weighted by Gasteiger charge is -2.23. The van der Waals surface area contributed by atoms with E-state index in [0.29, 0.717) is 21.5 Å². The van der Waals surface area contributed by atoms with Crippen LogP contribution in [0.3, 0.4) is 0 Å². The average Bonchev–Trinajstić information content (AvgIpc) is 3.91. The van der Waals surface area contributed by atoms with Gasteiger partial charge in [0.2, 0.25) is 0 Å². The van der Waals surface area contributed by atoms with E-state index in [1.807, 2.05) is 41.0 Å². The second-order valence-electron chi connectivity index (χ2n) is 13.2. The highest BCUT2D eigenvalue weighted by Crippen LogP contribution is 2.47. The number of benzene rings is 2. The number of hydrogen-bond acceptors (Lipinski definition) is 6. The second kappa shape index (κ2) is 13.1. The van der Waals surface area contributed by atoms with Crippen LogP contribution in [0, 0.1) is 23.7 Å². The number of fused-ring (bicyclic) bond motifs is 4. The van der Waals surface area contributed by atoms with Crippen LogP contribution >= 0.6 is 23.2 Å². The summed E-state index contributed by atoms with van der Waals surface area (Å²) in [6.45, 7) is 4.12. The van der Waals surface area contributed by atoms with Crippen molar-refractivity contribution in [2.45, 2.75) is 65.2 Å². The van der Waals surface area contributed by atoms with Crippen LogP contribution in [0.1, 0.15) is 74.6 Å². The standard InChI is InChI=1S/2C19H19ClN2O2/c1-2-11-5-6-14(22-9-16(20)21-10-22)8-15(11)17-18(23)12-3-4-13(7-12)19(17)24;1-2-11-5-6-14(22-10-21-9-16(22)20)8-15(11)17-18(23)12-3-4-13(7-12)19(17)24/h2*5-6,8-10,12-13,23H,2-4,7H2,1H3/t2*12-,13+/m00/s1. The number of hydrogen-bond donors (Lipinski definition) is 2. The molecule has 0 spiro atoms. The molecule has 8 rings (SSSR count). The van der Waals surface area contributed by atoms with E-state index in [9.17, 15) is 19.8 Å². The van der Waals surface area contributed by atoms with Gasteiger partial charge in [-0.05, 0) is 97.9 Å². The van der Waals surface area contributed by atoms with Gasteiger partial charge in [0.1, 0.15) is 34.5 Å². The van der Waals surface area contributed by atoms with Gasteiger partial charge in [0.25, 0.3) is 0 Å². The van der Waals surface area contributed by atoms with E-state index in [-0.39, 0.29) is 46.8 Å². The maximum Gasteiger partial charge on any atom is 0.169 e. The molecule has 4 bridgehead atoms. The highest BCUT2D eigenvalue weighted by molar-refractivity contribution is 6.30. The largest absolute Gasteiger partial charge is 0.511 e. The van der Waals surface area contributed by atoms with Crippen LogP contribution in [0.15, 0.2) is 73.0 Å². The number of imidazole rings is 2. The summed E-state index contributed by atoms with van der Waals surface area (Å²) in [6.07, 6.45) is 13.4. The summed E-state index contributed by atoms with van der Waals surface area (Å²) in [7, 11) is 0. The molecule has 48 heavy (non-hydrogen) atoms. The number of carbonyl (C=O) groups is 2. The number of aliphatic hydroxyl groups excluding tert-OH is 2. The van der Waals surface area contributed by atoms with Crippen molar-refractivity contribution in [3.63, 3.8) is 0 Å². The van der Waals surface area contributed by atoms with Crippen molar-refractivity contribution < 1.29 is 19.8 Å². The molecule has 0 unspecified atom stereocenters. The molecule has 4 aliphatic rings. The van der Waals surface area contributed by atoms with Gasteiger partial charge in [-0.3, -0.25) is 14.2 Å². The molecule has 4 atom stereocenters. The van der Waals surface area contributed by atoms with Crippen molar-refractivity contribution in [2.75, 3.05) is 0 Å². The Morgan fingerprint density at radius 3 is 1.75 bits per heavy atom. The van der Waals surface area contributed by atoms with Gasteiger partial charge in [-0.2, -0.15) is 0 Å². The molecule has 4 aliphatic carbocycles. The topological polar surface area (TPSA) is 110 Å². The Morgan fingerprint density at radius 1 is 0.750 bits per heavy atom. The molecule has 0 amide bonds. The Bertz CT molecular complexity index is 1990. The third-order valence-electron chi connectivity index (χ3n) is 10.6. The zero-order chi connectivity index (χ0) is 33.7. The van der Waals surface area contributed by atoms with Crippen LogP contribution in [0.4, 0.5) is 0 Å². The van der Waals surface area contributed by atoms with E-state index in [0.717, 1.165) is 85.0 Å². The SMILES string of the molecule is CCc1ccc(-n2cnc(Cl)c2)cc1C1=C(O)[C@H]2CC[C@H](C2)C1=O.CCc1ccc(-n2cncc2Cl)cc1C1=C(O)[C@H]2CC[C@H](C2)C1=O. The number of halogens is 2. The van der Waals surface area contributed by atoms with Crippen LogP contribution in [-0.2, 0) is 22.4 Å². The molecule has 2 aromatic heterocycles. The van der Waals surface area contributed by atoms with E-state index in [4.69, 9.17) is 23.2 Å². The first-order valence-corrected chi connectivity index (χ1v) is 17.5. The number of ketones is 2. The fourth-order valence-electron chi connectivity index (χ4n) is 7.98. The molecule has 2 N–H and O–H groups in total. The fraction of sp³-hybridized carbons (Fsp3) is 0.368. The van der Waals surface area contributed by atoms with Crippen molar-refractivity contribution in [1.29, 1.82) is 0 Å². The predicted octanol–water partition coefficient (Wildman–Crippen LogP) is 8.71. The summed E-state index contributed by atoms with van der Waals surface area (Å²) in [5, 5.41) is 22.3. The minimum absolute atomic E-state index is 0.0612. The Morgan fingerprint density at radius 2 is 1.27 bits per heavy atom. The Kier molecular flexibility index (Phi) is 8.81. The van der Waals surface area contributed by atoms with Gasteiger partial charge in [-0.15, -0.1) is 0 Å². The number of aryl methyl sites for hydroxylation is 2. The van der Waals surface area contributed by atoms with Gasteiger partial charge in [-0.25, -0.2) is 9.97 Å². The first-order valence-electron chi connectivity index (χ1n) is 16.8. The van der Waals surface area contributed by atoms with Crippen molar-refractivity contribution in [1.82, 2.24) is 19.1 Å². The number of allylic oxidation sites excluding steroid dienone is 4. The monoisotopic (exact) mass is 684 g/mol. The summed E-state index contributed by atoms with van der Waals surface area (Å²) in [4.78, 5) is 33.8. The van der Waals surface area contributed by atoms with Gasteiger partial charge in [0.15, 0.2) is 11.6 Å². The third kappa shape index (κ3) is 5.69. The first kappa shape index (κ1) is 32.4. The van der Waals surface area contributed by atoms with Gasteiger partial charge in [-0.1, -0.05) is 49.2 Å². The van der Waals surface area contributed by atoms with Crippen LogP contribution < -0.4 is 0 Å². The van der Waals surface area contributed by atoms with Gasteiger partial charge >= 0.3 is 0 Å². The molecule has 2 aromatic carbocycles. The first-order chi connectivity index (χ1) is 23.2. The zero-order valence-electron chi connectivity index (χ0n) is 27.0. The number of rotatable bonds is 6. The Hall–Kier alpha value is -4.14. The fourth-order valence-corrected chi connectivity index (χ4v) is 8.32. The lowest BCUT2D eigenvalue weighted by Crippen LogP contribution is -2.22. The van der Waals surface area contributed by atoms with E-state index in [2.05, 4.69) is 23.8 Å². The molecule has 8 nitrogen and oxygen atoms in total. The minimum atomic E-state index is 0.0612. The number of nitrogens with zero attached hydrogens (tertiary/aromatic N) is 4. The van der Waals surface area contributed by atoms with E-state index in [1.165, 1.54) is 0 Å². The summed E-state index contributed by atoms with van der Waals surface area (Å²) in [6, 6.07) is 11.9. The van der Waals surface area contributed by atoms with E-state index >= 15 is 0 Å². The molecule has 2 heterocycles. The van der Waals surface area contributed by atoms with Crippen LogP contribution in [0.25, 0.3) is 22.5 Å². The highest BCUT2D eigenvalue weighted by atomic mass is 35.5. The summed E-state index contributed by atoms with van der Waals surface area (Å²) in [5.74, 6) is 1.14. The van der Waals surface area contributed by atoms with Gasteiger partial charge in [0.05, 0.1) is 17.3 Å².